The van der Waals surface area contributed by atoms with Gasteiger partial charge in [-0.25, -0.2) is 0 Å². The smallest absolute Gasteiger partial charge is 0.0677 e. The molecular formula is C26H31NO. The Kier molecular flexibility index (Phi) is 5.77. The van der Waals surface area contributed by atoms with Gasteiger partial charge in [0.15, 0.2) is 0 Å². The normalized spacial score (nSPS) is 19.4. The summed E-state index contributed by atoms with van der Waals surface area (Å²) < 4.78 is 5.35. The highest BCUT2D eigenvalue weighted by Crippen LogP contribution is 2.43. The molecule has 1 aliphatic carbocycles. The lowest BCUT2D eigenvalue weighted by atomic mass is 9.81. The van der Waals surface area contributed by atoms with Crippen LogP contribution in [0.4, 0.5) is 5.69 Å². The number of hydrogen-bond donors (Lipinski definition) is 0. The van der Waals surface area contributed by atoms with Crippen LogP contribution in [0.15, 0.2) is 54.0 Å². The highest BCUT2D eigenvalue weighted by molar-refractivity contribution is 6.01. The zero-order valence-electron chi connectivity index (χ0n) is 17.2. The molecule has 0 saturated heterocycles. The van der Waals surface area contributed by atoms with Gasteiger partial charge in [-0.2, -0.15) is 0 Å². The Morgan fingerprint density at radius 1 is 1.07 bits per heavy atom. The van der Waals surface area contributed by atoms with Crippen molar-refractivity contribution in [1.82, 2.24) is 0 Å². The molecular weight excluding hydrogens is 342 g/mol. The molecule has 2 aliphatic rings. The van der Waals surface area contributed by atoms with Gasteiger partial charge in [0, 0.05) is 25.2 Å². The Morgan fingerprint density at radius 3 is 2.54 bits per heavy atom. The fourth-order valence-electron chi connectivity index (χ4n) is 4.71. The van der Waals surface area contributed by atoms with Crippen molar-refractivity contribution in [2.24, 2.45) is 10.9 Å². The van der Waals surface area contributed by atoms with Crippen LogP contribution in [0.3, 0.4) is 0 Å². The monoisotopic (exact) mass is 373 g/mol. The van der Waals surface area contributed by atoms with Crippen molar-refractivity contribution < 1.29 is 4.74 Å². The van der Waals surface area contributed by atoms with Crippen LogP contribution < -0.4 is 0 Å². The topological polar surface area (TPSA) is 21.6 Å². The van der Waals surface area contributed by atoms with Crippen LogP contribution in [0.2, 0.25) is 0 Å². The quantitative estimate of drug-likeness (QED) is 0.543. The lowest BCUT2D eigenvalue weighted by molar-refractivity contribution is 0.207. The third-order valence-electron chi connectivity index (χ3n) is 6.38. The van der Waals surface area contributed by atoms with Crippen molar-refractivity contribution in [3.63, 3.8) is 0 Å². The van der Waals surface area contributed by atoms with Gasteiger partial charge in [-0.3, -0.25) is 4.99 Å². The van der Waals surface area contributed by atoms with Crippen molar-refractivity contribution in [2.45, 2.75) is 51.4 Å². The summed E-state index contributed by atoms with van der Waals surface area (Å²) in [6.45, 7) is 7.30. The number of fused-ring (bicyclic) bond motifs is 1. The third kappa shape index (κ3) is 3.84. The summed E-state index contributed by atoms with van der Waals surface area (Å²) in [5, 5.41) is 0. The summed E-state index contributed by atoms with van der Waals surface area (Å²) in [6, 6.07) is 15.7. The Morgan fingerprint density at radius 2 is 1.82 bits per heavy atom. The van der Waals surface area contributed by atoms with Crippen LogP contribution in [0.5, 0.6) is 0 Å². The van der Waals surface area contributed by atoms with Crippen LogP contribution in [0, 0.1) is 12.8 Å². The van der Waals surface area contributed by atoms with E-state index < -0.39 is 0 Å². The van der Waals surface area contributed by atoms with Gasteiger partial charge in [-0.15, -0.1) is 0 Å². The summed E-state index contributed by atoms with van der Waals surface area (Å²) in [4.78, 5) is 5.05. The van der Waals surface area contributed by atoms with Crippen molar-refractivity contribution in [1.29, 1.82) is 0 Å². The van der Waals surface area contributed by atoms with Crippen LogP contribution in [-0.4, -0.2) is 19.4 Å². The van der Waals surface area contributed by atoms with Gasteiger partial charge in [-0.05, 0) is 54.0 Å². The molecule has 2 heteroatoms. The molecule has 28 heavy (non-hydrogen) atoms. The fourth-order valence-corrected chi connectivity index (χ4v) is 4.71. The lowest BCUT2D eigenvalue weighted by Gasteiger charge is -2.24. The number of benzene rings is 2. The second-order valence-corrected chi connectivity index (χ2v) is 8.32. The molecule has 4 rings (SSSR count). The maximum atomic E-state index is 5.35. The zero-order valence-corrected chi connectivity index (χ0v) is 17.2. The molecule has 0 radical (unpaired) electrons. The summed E-state index contributed by atoms with van der Waals surface area (Å²) in [5.74, 6) is 0.876. The highest BCUT2D eigenvalue weighted by Gasteiger charge is 2.29. The zero-order chi connectivity index (χ0) is 19.5. The number of hydrogen-bond acceptors (Lipinski definition) is 2. The predicted molar refractivity (Wildman–Crippen MR) is 119 cm³/mol. The molecule has 1 fully saturated rings. The molecule has 0 bridgehead atoms. The molecule has 0 amide bonds. The third-order valence-corrected chi connectivity index (χ3v) is 6.38. The summed E-state index contributed by atoms with van der Waals surface area (Å²) in [5.41, 5.74) is 8.82. The summed E-state index contributed by atoms with van der Waals surface area (Å²) in [7, 11) is 1.76. The molecule has 2 aromatic carbocycles. The minimum atomic E-state index is 0.239. The van der Waals surface area contributed by atoms with Gasteiger partial charge in [0.05, 0.1) is 12.3 Å². The number of rotatable bonds is 6. The summed E-state index contributed by atoms with van der Waals surface area (Å²) >= 11 is 0. The first-order chi connectivity index (χ1) is 13.7. The van der Waals surface area contributed by atoms with E-state index in [1.54, 1.807) is 7.11 Å². The van der Waals surface area contributed by atoms with Gasteiger partial charge in [-0.1, -0.05) is 67.8 Å². The van der Waals surface area contributed by atoms with Gasteiger partial charge in [0.1, 0.15) is 0 Å². The van der Waals surface area contributed by atoms with Gasteiger partial charge >= 0.3 is 0 Å². The largest absolute Gasteiger partial charge is 0.384 e. The van der Waals surface area contributed by atoms with E-state index in [4.69, 9.17) is 9.73 Å². The van der Waals surface area contributed by atoms with Crippen LogP contribution >= 0.6 is 0 Å². The molecule has 1 unspecified atom stereocenters. The second-order valence-electron chi connectivity index (χ2n) is 8.32. The lowest BCUT2D eigenvalue weighted by Crippen LogP contribution is -2.12. The number of nitrogens with zero attached hydrogens (tertiary/aromatic N) is 1. The van der Waals surface area contributed by atoms with E-state index in [2.05, 4.69) is 56.0 Å². The molecule has 1 saturated carbocycles. The number of allylic oxidation sites excluding steroid dienone is 1. The Hall–Kier alpha value is -2.19. The van der Waals surface area contributed by atoms with Gasteiger partial charge in [0.25, 0.3) is 0 Å². The standard InChI is InChI=1S/C26H31NO/c1-18-9-11-21(12-10-18)26-23-14-13-22(19(2)20-7-5-4-6-8-20)17-25(23)27-24(26)15-16-28-3/h9-14,17,20,26H,2,4-8,15-16H2,1,3H3. The van der Waals surface area contributed by atoms with Crippen LogP contribution in [0.1, 0.15) is 66.7 Å². The molecule has 2 nitrogen and oxygen atoms in total. The number of aliphatic imine (C=N–C) groups is 1. The predicted octanol–water partition coefficient (Wildman–Crippen LogP) is 6.84. The van der Waals surface area contributed by atoms with Gasteiger partial charge in [0.2, 0.25) is 0 Å². The van der Waals surface area contributed by atoms with E-state index >= 15 is 0 Å². The first-order valence-corrected chi connectivity index (χ1v) is 10.6. The molecule has 1 heterocycles. The fraction of sp³-hybridized carbons (Fsp3) is 0.423. The van der Waals surface area contributed by atoms with E-state index in [-0.39, 0.29) is 5.92 Å². The van der Waals surface area contributed by atoms with E-state index in [1.165, 1.54) is 65.6 Å². The van der Waals surface area contributed by atoms with E-state index in [9.17, 15) is 0 Å². The van der Waals surface area contributed by atoms with Gasteiger partial charge < -0.3 is 4.74 Å². The molecule has 1 aliphatic heterocycles. The minimum absolute atomic E-state index is 0.239. The number of methoxy groups -OCH3 is 1. The molecule has 146 valence electrons. The highest BCUT2D eigenvalue weighted by atomic mass is 16.5. The van der Waals surface area contributed by atoms with E-state index in [0.29, 0.717) is 12.5 Å². The van der Waals surface area contributed by atoms with Crippen molar-refractivity contribution in [3.05, 3.63) is 71.3 Å². The number of aryl methyl sites for hydroxylation is 1. The Bertz CT molecular complexity index is 872. The Labute approximate surface area is 169 Å². The van der Waals surface area contributed by atoms with Crippen molar-refractivity contribution in [2.75, 3.05) is 13.7 Å². The molecule has 0 N–H and O–H groups in total. The van der Waals surface area contributed by atoms with Crippen molar-refractivity contribution >= 4 is 17.0 Å². The maximum Gasteiger partial charge on any atom is 0.0677 e. The van der Waals surface area contributed by atoms with Crippen LogP contribution in [-0.2, 0) is 4.74 Å². The molecule has 2 aromatic rings. The minimum Gasteiger partial charge on any atom is -0.384 e. The maximum absolute atomic E-state index is 5.35. The van der Waals surface area contributed by atoms with Crippen molar-refractivity contribution in [3.8, 4) is 0 Å². The average molecular weight is 374 g/mol. The Balaban J connectivity index is 1.66. The molecule has 0 aromatic heterocycles. The van der Waals surface area contributed by atoms with Crippen LogP contribution in [0.25, 0.3) is 5.57 Å². The first kappa shape index (κ1) is 19.1. The first-order valence-electron chi connectivity index (χ1n) is 10.6. The molecule has 1 atom stereocenters. The molecule has 0 spiro atoms. The van der Waals surface area contributed by atoms with E-state index in [1.807, 2.05) is 0 Å². The van der Waals surface area contributed by atoms with E-state index in [0.717, 1.165) is 12.1 Å². The second kappa shape index (κ2) is 8.45. The summed E-state index contributed by atoms with van der Waals surface area (Å²) in [6.07, 6.45) is 7.48. The SMILES string of the molecule is C=C(c1ccc2c(c1)N=C(CCOC)C2c1ccc(C)cc1)C1CCCCC1. The number of ether oxygens (including phenoxy) is 1. The average Bonchev–Trinajstić information content (AvgIpc) is 3.10.